The predicted octanol–water partition coefficient (Wildman–Crippen LogP) is 19.8. The highest BCUT2D eigenvalue weighted by molar-refractivity contribution is 5.70. The molecule has 0 aliphatic heterocycles. The predicted molar refractivity (Wildman–Crippen MR) is 279 cm³/mol. The van der Waals surface area contributed by atoms with E-state index in [9.17, 15) is 9.59 Å². The molecule has 0 aliphatic carbocycles. The Morgan fingerprint density at radius 3 is 0.953 bits per heavy atom. The fourth-order valence-electron chi connectivity index (χ4n) is 8.92. The Morgan fingerprint density at radius 2 is 0.609 bits per heavy atom. The van der Waals surface area contributed by atoms with Crippen molar-refractivity contribution in [2.75, 3.05) is 19.8 Å². The second-order valence-corrected chi connectivity index (χ2v) is 19.9. The van der Waals surface area contributed by atoms with E-state index in [1.807, 2.05) is 0 Å². The van der Waals surface area contributed by atoms with E-state index in [-0.39, 0.29) is 18.5 Å². The monoisotopic (exact) mass is 903 g/mol. The van der Waals surface area contributed by atoms with Gasteiger partial charge < -0.3 is 14.2 Å². The van der Waals surface area contributed by atoms with Gasteiger partial charge in [0.05, 0.1) is 6.61 Å². The summed E-state index contributed by atoms with van der Waals surface area (Å²) in [5.74, 6) is -0.374. The van der Waals surface area contributed by atoms with Crippen molar-refractivity contribution in [2.24, 2.45) is 0 Å². The molecule has 0 aromatic rings. The van der Waals surface area contributed by atoms with E-state index in [1.165, 1.54) is 257 Å². The maximum Gasteiger partial charge on any atom is 0.306 e. The first-order chi connectivity index (χ1) is 31.6. The third kappa shape index (κ3) is 53.3. The fraction of sp³-hybridized carbons (Fsp3) is 0.932. The van der Waals surface area contributed by atoms with E-state index >= 15 is 0 Å². The largest absolute Gasteiger partial charge is 0.462 e. The van der Waals surface area contributed by atoms with Crippen LogP contribution < -0.4 is 0 Å². The van der Waals surface area contributed by atoms with E-state index in [1.54, 1.807) is 0 Å². The van der Waals surface area contributed by atoms with Crippen molar-refractivity contribution in [3.63, 3.8) is 0 Å². The normalized spacial score (nSPS) is 12.1. The summed E-state index contributed by atoms with van der Waals surface area (Å²) in [6.45, 7) is 7.89. The first kappa shape index (κ1) is 62.6. The van der Waals surface area contributed by atoms with Crippen molar-refractivity contribution in [1.29, 1.82) is 0 Å². The average Bonchev–Trinajstić information content (AvgIpc) is 3.30. The van der Waals surface area contributed by atoms with Crippen LogP contribution in [0.5, 0.6) is 0 Å². The summed E-state index contributed by atoms with van der Waals surface area (Å²) in [7, 11) is 0. The first-order valence-electron chi connectivity index (χ1n) is 29.2. The third-order valence-electron chi connectivity index (χ3n) is 13.3. The van der Waals surface area contributed by atoms with E-state index in [4.69, 9.17) is 14.2 Å². The van der Waals surface area contributed by atoms with Gasteiger partial charge in [0.15, 0.2) is 6.10 Å². The molecule has 380 valence electrons. The molecule has 0 aliphatic rings. The molecule has 0 heterocycles. The summed E-state index contributed by atoms with van der Waals surface area (Å²) >= 11 is 0. The molecule has 1 atom stereocenters. The zero-order valence-electron chi connectivity index (χ0n) is 43.8. The smallest absolute Gasteiger partial charge is 0.306 e. The maximum atomic E-state index is 12.8. The zero-order chi connectivity index (χ0) is 46.3. The molecule has 1 unspecified atom stereocenters. The van der Waals surface area contributed by atoms with Crippen molar-refractivity contribution in [2.45, 2.75) is 335 Å². The highest BCUT2D eigenvalue weighted by atomic mass is 16.6. The minimum absolute atomic E-state index is 0.0930. The van der Waals surface area contributed by atoms with E-state index in [0.29, 0.717) is 26.1 Å². The number of rotatable bonds is 55. The van der Waals surface area contributed by atoms with Crippen molar-refractivity contribution >= 4 is 11.9 Å². The van der Waals surface area contributed by atoms with Crippen LogP contribution in [-0.2, 0) is 23.8 Å². The number of hydrogen-bond donors (Lipinski definition) is 0. The van der Waals surface area contributed by atoms with Crippen LogP contribution >= 0.6 is 0 Å². The lowest BCUT2D eigenvalue weighted by Crippen LogP contribution is -2.30. The van der Waals surface area contributed by atoms with E-state index in [0.717, 1.165) is 38.5 Å². The zero-order valence-corrected chi connectivity index (χ0v) is 43.8. The first-order valence-corrected chi connectivity index (χ1v) is 29.2. The molecule has 0 N–H and O–H groups in total. The molecular weight excluding hydrogens is 789 g/mol. The molecule has 0 rings (SSSR count). The van der Waals surface area contributed by atoms with Crippen molar-refractivity contribution in [3.05, 3.63) is 12.2 Å². The molecule has 0 saturated heterocycles. The number of hydrogen-bond acceptors (Lipinski definition) is 5. The molecule has 0 saturated carbocycles. The Balaban J connectivity index is 4.17. The molecule has 0 bridgehead atoms. The molecule has 0 aromatic carbocycles. The molecule has 0 radical (unpaired) electrons. The van der Waals surface area contributed by atoms with Crippen LogP contribution in [0.3, 0.4) is 0 Å². The average molecular weight is 904 g/mol. The molecule has 0 aromatic heterocycles. The van der Waals surface area contributed by atoms with Crippen molar-refractivity contribution in [3.8, 4) is 0 Å². The number of esters is 2. The summed E-state index contributed by atoms with van der Waals surface area (Å²) < 4.78 is 17.5. The van der Waals surface area contributed by atoms with Crippen LogP contribution in [-0.4, -0.2) is 37.9 Å². The maximum absolute atomic E-state index is 12.8. The van der Waals surface area contributed by atoms with Gasteiger partial charge in [-0.3, -0.25) is 9.59 Å². The molecule has 0 spiro atoms. The lowest BCUT2D eigenvalue weighted by Gasteiger charge is -2.18. The summed E-state index contributed by atoms with van der Waals surface area (Å²) in [6, 6.07) is 0. The molecular formula is C59H114O5. The highest BCUT2D eigenvalue weighted by Gasteiger charge is 2.17. The van der Waals surface area contributed by atoms with Gasteiger partial charge in [-0.05, 0) is 44.9 Å². The fourth-order valence-corrected chi connectivity index (χ4v) is 8.92. The summed E-state index contributed by atoms with van der Waals surface area (Å²) in [5, 5.41) is 0. The van der Waals surface area contributed by atoms with Gasteiger partial charge in [-0.1, -0.05) is 283 Å². The van der Waals surface area contributed by atoms with Gasteiger partial charge >= 0.3 is 11.9 Å². The van der Waals surface area contributed by atoms with Gasteiger partial charge in [0, 0.05) is 19.4 Å². The second-order valence-electron chi connectivity index (χ2n) is 19.9. The Hall–Kier alpha value is -1.36. The number of allylic oxidation sites excluding steroid dienone is 2. The highest BCUT2D eigenvalue weighted by Crippen LogP contribution is 2.17. The molecule has 5 nitrogen and oxygen atoms in total. The lowest BCUT2D eigenvalue weighted by molar-refractivity contribution is -0.163. The Morgan fingerprint density at radius 1 is 0.328 bits per heavy atom. The molecule has 64 heavy (non-hydrogen) atoms. The summed E-state index contributed by atoms with van der Waals surface area (Å²) in [6.07, 6.45) is 65.2. The Kier molecular flexibility index (Phi) is 54.8. The van der Waals surface area contributed by atoms with Gasteiger partial charge in [0.2, 0.25) is 0 Å². The van der Waals surface area contributed by atoms with E-state index in [2.05, 4.69) is 32.9 Å². The van der Waals surface area contributed by atoms with Gasteiger partial charge in [0.1, 0.15) is 6.61 Å². The Bertz CT molecular complexity index is 932. The van der Waals surface area contributed by atoms with Crippen LogP contribution in [0.2, 0.25) is 0 Å². The molecule has 5 heteroatoms. The number of carbonyl (C=O) groups is 2. The van der Waals surface area contributed by atoms with Gasteiger partial charge in [-0.25, -0.2) is 0 Å². The van der Waals surface area contributed by atoms with Crippen molar-refractivity contribution < 1.29 is 23.8 Å². The van der Waals surface area contributed by atoms with Crippen molar-refractivity contribution in [1.82, 2.24) is 0 Å². The number of carbonyl (C=O) groups excluding carboxylic acids is 2. The topological polar surface area (TPSA) is 61.8 Å². The van der Waals surface area contributed by atoms with Crippen LogP contribution in [0.25, 0.3) is 0 Å². The SMILES string of the molecule is CCCCCCCC/C=C\CCCCCCCCOCC(COC(=O)CCCCCCCCCCCCCCCCCCCCC)OC(=O)CCCCCCCCCCCCCCC. The van der Waals surface area contributed by atoms with Crippen LogP contribution in [0.4, 0.5) is 0 Å². The second kappa shape index (κ2) is 56.0. The van der Waals surface area contributed by atoms with Gasteiger partial charge in [-0.2, -0.15) is 0 Å². The van der Waals surface area contributed by atoms with Gasteiger partial charge in [0.25, 0.3) is 0 Å². The van der Waals surface area contributed by atoms with Crippen LogP contribution in [0.15, 0.2) is 12.2 Å². The minimum Gasteiger partial charge on any atom is -0.462 e. The summed E-state index contributed by atoms with van der Waals surface area (Å²) in [5.41, 5.74) is 0. The van der Waals surface area contributed by atoms with E-state index < -0.39 is 6.10 Å². The molecule has 0 fully saturated rings. The van der Waals surface area contributed by atoms with Crippen LogP contribution in [0.1, 0.15) is 329 Å². The van der Waals surface area contributed by atoms with Gasteiger partial charge in [-0.15, -0.1) is 0 Å². The lowest BCUT2D eigenvalue weighted by atomic mass is 10.0. The number of unbranched alkanes of at least 4 members (excludes halogenated alkanes) is 42. The standard InChI is InChI=1S/C59H114O5/c1-4-7-10-13-16-19-22-25-27-29-30-31-32-35-37-40-43-46-49-52-58(60)63-56-57(64-59(61)53-50-47-44-41-38-34-24-21-18-15-12-9-6-3)55-62-54-51-48-45-42-39-36-33-28-26-23-20-17-14-11-8-5-2/h26,28,57H,4-25,27,29-56H2,1-3H3/b28-26-. The minimum atomic E-state index is -0.530. The quantitative estimate of drug-likeness (QED) is 0.0346. The third-order valence-corrected chi connectivity index (χ3v) is 13.3. The van der Waals surface area contributed by atoms with Crippen LogP contribution in [0, 0.1) is 0 Å². The summed E-state index contributed by atoms with van der Waals surface area (Å²) in [4.78, 5) is 25.5. The molecule has 0 amide bonds. The number of ether oxygens (including phenoxy) is 3. The Labute approximate surface area is 401 Å².